The van der Waals surface area contributed by atoms with Gasteiger partial charge in [0.15, 0.2) is 5.69 Å². The molecule has 0 aliphatic rings. The maximum Gasteiger partial charge on any atom is 0.355 e. The standard InChI is InChI=1S/C7H6N2O4/c8-3-1-2-9-5(7(12)13)4(3)6(10)11/h1-2H,(H2,8,9)(H,10,11)(H,12,13). The zero-order chi connectivity index (χ0) is 10.0. The van der Waals surface area contributed by atoms with E-state index in [0.29, 0.717) is 0 Å². The molecule has 13 heavy (non-hydrogen) atoms. The van der Waals surface area contributed by atoms with E-state index >= 15 is 0 Å². The van der Waals surface area contributed by atoms with Crippen LogP contribution in [0.1, 0.15) is 20.8 Å². The van der Waals surface area contributed by atoms with Gasteiger partial charge in [0.05, 0.1) is 5.69 Å². The maximum absolute atomic E-state index is 10.6. The fourth-order valence-electron chi connectivity index (χ4n) is 0.864. The molecule has 0 radical (unpaired) electrons. The van der Waals surface area contributed by atoms with Gasteiger partial charge in [0, 0.05) is 6.20 Å². The molecular formula is C7H6N2O4. The molecular weight excluding hydrogens is 176 g/mol. The summed E-state index contributed by atoms with van der Waals surface area (Å²) in [6.45, 7) is 0. The van der Waals surface area contributed by atoms with E-state index in [1.165, 1.54) is 6.07 Å². The minimum atomic E-state index is -1.41. The van der Waals surface area contributed by atoms with E-state index in [-0.39, 0.29) is 5.69 Å². The molecule has 0 spiro atoms. The normalized spacial score (nSPS) is 9.54. The second kappa shape index (κ2) is 3.10. The van der Waals surface area contributed by atoms with E-state index in [9.17, 15) is 9.59 Å². The zero-order valence-corrected chi connectivity index (χ0v) is 6.39. The summed E-state index contributed by atoms with van der Waals surface area (Å²) in [5.41, 5.74) is 4.14. The molecule has 1 aromatic rings. The minimum Gasteiger partial charge on any atom is -0.478 e. The van der Waals surface area contributed by atoms with Gasteiger partial charge in [-0.25, -0.2) is 14.6 Å². The molecule has 1 rings (SSSR count). The number of aromatic nitrogens is 1. The Hall–Kier alpha value is -2.11. The summed E-state index contributed by atoms with van der Waals surface area (Å²) >= 11 is 0. The van der Waals surface area contributed by atoms with Crippen LogP contribution < -0.4 is 5.73 Å². The fraction of sp³-hybridized carbons (Fsp3) is 0. The van der Waals surface area contributed by atoms with Gasteiger partial charge in [-0.1, -0.05) is 0 Å². The van der Waals surface area contributed by atoms with Crippen molar-refractivity contribution in [3.63, 3.8) is 0 Å². The van der Waals surface area contributed by atoms with E-state index in [4.69, 9.17) is 15.9 Å². The predicted octanol–water partition coefficient (Wildman–Crippen LogP) is 0.0602. The Morgan fingerprint density at radius 1 is 1.31 bits per heavy atom. The Morgan fingerprint density at radius 3 is 2.31 bits per heavy atom. The largest absolute Gasteiger partial charge is 0.478 e. The summed E-state index contributed by atoms with van der Waals surface area (Å²) < 4.78 is 0. The van der Waals surface area contributed by atoms with Crippen LogP contribution in [0.2, 0.25) is 0 Å². The van der Waals surface area contributed by atoms with Crippen molar-refractivity contribution >= 4 is 17.6 Å². The predicted molar refractivity (Wildman–Crippen MR) is 42.6 cm³/mol. The van der Waals surface area contributed by atoms with Crippen LogP contribution in [0.15, 0.2) is 12.3 Å². The van der Waals surface area contributed by atoms with Gasteiger partial charge < -0.3 is 15.9 Å². The van der Waals surface area contributed by atoms with Crippen molar-refractivity contribution in [3.8, 4) is 0 Å². The van der Waals surface area contributed by atoms with Crippen LogP contribution in [-0.4, -0.2) is 27.1 Å². The molecule has 1 heterocycles. The van der Waals surface area contributed by atoms with Gasteiger partial charge >= 0.3 is 11.9 Å². The number of carbonyl (C=O) groups is 2. The van der Waals surface area contributed by atoms with Gasteiger partial charge in [-0.3, -0.25) is 0 Å². The minimum absolute atomic E-state index is 0.111. The first kappa shape index (κ1) is 8.98. The highest BCUT2D eigenvalue weighted by Crippen LogP contribution is 2.14. The monoisotopic (exact) mass is 182 g/mol. The number of pyridine rings is 1. The van der Waals surface area contributed by atoms with Crippen molar-refractivity contribution in [1.82, 2.24) is 4.98 Å². The van der Waals surface area contributed by atoms with Crippen LogP contribution in [0, 0.1) is 0 Å². The highest BCUT2D eigenvalue weighted by atomic mass is 16.4. The molecule has 0 aliphatic heterocycles. The Kier molecular flexibility index (Phi) is 2.14. The molecule has 0 saturated heterocycles. The number of hydrogen-bond donors (Lipinski definition) is 3. The van der Waals surface area contributed by atoms with Crippen molar-refractivity contribution in [2.45, 2.75) is 0 Å². The number of carboxylic acids is 2. The lowest BCUT2D eigenvalue weighted by molar-refractivity contribution is 0.0647. The summed E-state index contributed by atoms with van der Waals surface area (Å²) in [4.78, 5) is 24.5. The molecule has 0 aliphatic carbocycles. The molecule has 0 unspecified atom stereocenters. The third-order valence-corrected chi connectivity index (χ3v) is 1.40. The second-order valence-corrected chi connectivity index (χ2v) is 2.23. The first-order valence-electron chi connectivity index (χ1n) is 3.25. The summed E-state index contributed by atoms with van der Waals surface area (Å²) in [6.07, 6.45) is 1.14. The Labute approximate surface area is 72.6 Å². The topological polar surface area (TPSA) is 114 Å². The molecule has 6 nitrogen and oxygen atoms in total. The number of rotatable bonds is 2. The first-order chi connectivity index (χ1) is 6.04. The Bertz CT molecular complexity index is 375. The van der Waals surface area contributed by atoms with Crippen LogP contribution in [0.25, 0.3) is 0 Å². The van der Waals surface area contributed by atoms with Gasteiger partial charge in [-0.15, -0.1) is 0 Å². The number of nitrogens with two attached hydrogens (primary N) is 1. The average molecular weight is 182 g/mol. The van der Waals surface area contributed by atoms with Crippen LogP contribution in [0.5, 0.6) is 0 Å². The summed E-state index contributed by atoms with van der Waals surface area (Å²) in [5.74, 6) is -2.81. The van der Waals surface area contributed by atoms with Crippen molar-refractivity contribution in [1.29, 1.82) is 0 Å². The quantitative estimate of drug-likeness (QED) is 0.595. The Balaban J connectivity index is 3.43. The van der Waals surface area contributed by atoms with E-state index < -0.39 is 23.2 Å². The third-order valence-electron chi connectivity index (χ3n) is 1.40. The van der Waals surface area contributed by atoms with Crippen molar-refractivity contribution in [2.75, 3.05) is 5.73 Å². The summed E-state index contributed by atoms with van der Waals surface area (Å²) in [6, 6.07) is 1.23. The molecule has 0 bridgehead atoms. The van der Waals surface area contributed by atoms with Crippen molar-refractivity contribution < 1.29 is 19.8 Å². The SMILES string of the molecule is Nc1ccnc(C(=O)O)c1C(=O)O. The fourth-order valence-corrected chi connectivity index (χ4v) is 0.864. The first-order valence-corrected chi connectivity index (χ1v) is 3.25. The van der Waals surface area contributed by atoms with E-state index in [2.05, 4.69) is 4.98 Å². The van der Waals surface area contributed by atoms with E-state index in [0.717, 1.165) is 6.20 Å². The van der Waals surface area contributed by atoms with Gasteiger partial charge in [0.25, 0.3) is 0 Å². The number of anilines is 1. The molecule has 68 valence electrons. The van der Waals surface area contributed by atoms with Crippen LogP contribution in [0.4, 0.5) is 5.69 Å². The van der Waals surface area contributed by atoms with Gasteiger partial charge in [0.1, 0.15) is 5.56 Å². The van der Waals surface area contributed by atoms with Crippen molar-refractivity contribution in [3.05, 3.63) is 23.5 Å². The molecule has 0 aromatic carbocycles. The number of nitrogens with zero attached hydrogens (tertiary/aromatic N) is 1. The van der Waals surface area contributed by atoms with Crippen molar-refractivity contribution in [2.24, 2.45) is 0 Å². The third kappa shape index (κ3) is 1.56. The number of aromatic carboxylic acids is 2. The second-order valence-electron chi connectivity index (χ2n) is 2.23. The van der Waals surface area contributed by atoms with E-state index in [1.54, 1.807) is 0 Å². The molecule has 1 aromatic heterocycles. The highest BCUT2D eigenvalue weighted by Gasteiger charge is 2.19. The summed E-state index contributed by atoms with van der Waals surface area (Å²) in [7, 11) is 0. The lowest BCUT2D eigenvalue weighted by Gasteiger charge is -2.02. The van der Waals surface area contributed by atoms with Gasteiger partial charge in [-0.2, -0.15) is 0 Å². The van der Waals surface area contributed by atoms with Crippen LogP contribution in [0.3, 0.4) is 0 Å². The molecule has 0 fully saturated rings. The highest BCUT2D eigenvalue weighted by molar-refractivity contribution is 6.03. The molecule has 0 atom stereocenters. The number of nitrogen functional groups attached to an aromatic ring is 1. The zero-order valence-electron chi connectivity index (χ0n) is 6.39. The molecule has 0 amide bonds. The number of hydrogen-bond acceptors (Lipinski definition) is 4. The van der Waals surface area contributed by atoms with Crippen LogP contribution in [-0.2, 0) is 0 Å². The molecule has 4 N–H and O–H groups in total. The average Bonchev–Trinajstić information content (AvgIpc) is 2.02. The van der Waals surface area contributed by atoms with Gasteiger partial charge in [-0.05, 0) is 6.07 Å². The van der Waals surface area contributed by atoms with Crippen LogP contribution >= 0.6 is 0 Å². The maximum atomic E-state index is 10.6. The smallest absolute Gasteiger partial charge is 0.355 e. The number of carboxylic acid groups (broad SMARTS) is 2. The lowest BCUT2D eigenvalue weighted by atomic mass is 10.1. The molecule has 0 saturated carbocycles. The summed E-state index contributed by atoms with van der Waals surface area (Å²) in [5, 5.41) is 17.2. The lowest BCUT2D eigenvalue weighted by Crippen LogP contribution is -2.12. The molecule has 6 heteroatoms. The van der Waals surface area contributed by atoms with E-state index in [1.807, 2.05) is 0 Å². The Morgan fingerprint density at radius 2 is 1.92 bits per heavy atom. The van der Waals surface area contributed by atoms with Gasteiger partial charge in [0.2, 0.25) is 0 Å².